The van der Waals surface area contributed by atoms with Gasteiger partial charge in [0, 0.05) is 5.69 Å². The summed E-state index contributed by atoms with van der Waals surface area (Å²) >= 11 is 3.36. The number of hydrogen-bond donors (Lipinski definition) is 3. The van der Waals surface area contributed by atoms with Gasteiger partial charge in [-0.05, 0) is 40.5 Å². The fourth-order valence-corrected chi connectivity index (χ4v) is 1.93. The number of nitrogens with two attached hydrogens (primary N) is 1. The Balaban J connectivity index is 2.39. The van der Waals surface area contributed by atoms with Crippen LogP contribution in [0.5, 0.6) is 0 Å². The van der Waals surface area contributed by atoms with Crippen molar-refractivity contribution in [3.05, 3.63) is 40.1 Å². The topological polar surface area (TPSA) is 99.6 Å². The summed E-state index contributed by atoms with van der Waals surface area (Å²) in [6.45, 7) is 1.95. The Kier molecular flexibility index (Phi) is 3.94. The third kappa shape index (κ3) is 2.81. The number of aryl methyl sites for hydroxylation is 1. The van der Waals surface area contributed by atoms with Gasteiger partial charge in [-0.2, -0.15) is 5.26 Å². The summed E-state index contributed by atoms with van der Waals surface area (Å²) in [4.78, 5) is 8.10. The van der Waals surface area contributed by atoms with E-state index in [0.717, 1.165) is 11.3 Å². The van der Waals surface area contributed by atoms with Crippen molar-refractivity contribution in [1.29, 1.82) is 5.26 Å². The first-order valence-electron chi connectivity index (χ1n) is 5.40. The highest BCUT2D eigenvalue weighted by Crippen LogP contribution is 2.29. The molecule has 6 nitrogen and oxygen atoms in total. The molecule has 0 saturated carbocycles. The predicted molar refractivity (Wildman–Crippen MR) is 76.7 cm³/mol. The van der Waals surface area contributed by atoms with E-state index in [4.69, 9.17) is 11.1 Å². The lowest BCUT2D eigenvalue weighted by Gasteiger charge is -2.12. The fraction of sp³-hybridized carbons (Fsp3) is 0.0833. The number of anilines is 3. The van der Waals surface area contributed by atoms with E-state index in [-0.39, 0.29) is 0 Å². The Morgan fingerprint density at radius 2 is 2.05 bits per heavy atom. The second kappa shape index (κ2) is 5.65. The van der Waals surface area contributed by atoms with Gasteiger partial charge in [0.05, 0.1) is 11.6 Å². The van der Waals surface area contributed by atoms with Crippen molar-refractivity contribution in [2.45, 2.75) is 6.92 Å². The molecule has 7 heteroatoms. The fourth-order valence-electron chi connectivity index (χ4n) is 1.51. The second-order valence-electron chi connectivity index (χ2n) is 3.80. The molecule has 4 N–H and O–H groups in total. The number of hydrazine groups is 1. The van der Waals surface area contributed by atoms with Gasteiger partial charge in [0.1, 0.15) is 16.6 Å². The van der Waals surface area contributed by atoms with Crippen LogP contribution in [0.2, 0.25) is 0 Å². The molecular formula is C12H11BrN6. The van der Waals surface area contributed by atoms with Crippen LogP contribution in [0, 0.1) is 18.3 Å². The maximum atomic E-state index is 8.92. The highest BCUT2D eigenvalue weighted by atomic mass is 79.9. The van der Waals surface area contributed by atoms with Crippen LogP contribution in [0.1, 0.15) is 11.1 Å². The number of aromatic nitrogens is 2. The molecule has 1 heterocycles. The summed E-state index contributed by atoms with van der Waals surface area (Å²) in [6.07, 6.45) is 1.39. The summed E-state index contributed by atoms with van der Waals surface area (Å²) in [7, 11) is 0. The highest BCUT2D eigenvalue weighted by molar-refractivity contribution is 9.10. The standard InChI is InChI=1S/C12H11BrN6/c1-7-2-3-8(5-14)4-9(7)18-11-10(13)12(19-15)17-6-16-11/h2-4,6H,15H2,1H3,(H2,16,17,18,19). The SMILES string of the molecule is Cc1ccc(C#N)cc1Nc1ncnc(NN)c1Br. The van der Waals surface area contributed by atoms with Crippen LogP contribution in [0.4, 0.5) is 17.3 Å². The van der Waals surface area contributed by atoms with Gasteiger partial charge in [-0.3, -0.25) is 0 Å². The zero-order chi connectivity index (χ0) is 13.8. The largest absolute Gasteiger partial charge is 0.339 e. The van der Waals surface area contributed by atoms with Gasteiger partial charge in [0.25, 0.3) is 0 Å². The lowest BCUT2D eigenvalue weighted by atomic mass is 10.1. The number of nitrogens with zero attached hydrogens (tertiary/aromatic N) is 3. The van der Waals surface area contributed by atoms with Gasteiger partial charge in [-0.1, -0.05) is 6.07 Å². The molecule has 0 radical (unpaired) electrons. The van der Waals surface area contributed by atoms with E-state index >= 15 is 0 Å². The molecular weight excluding hydrogens is 308 g/mol. The second-order valence-corrected chi connectivity index (χ2v) is 4.59. The zero-order valence-corrected chi connectivity index (χ0v) is 11.7. The molecule has 0 aliphatic rings. The molecule has 0 bridgehead atoms. The molecule has 0 spiro atoms. The lowest BCUT2D eigenvalue weighted by Crippen LogP contribution is -2.10. The van der Waals surface area contributed by atoms with E-state index in [0.29, 0.717) is 21.7 Å². The predicted octanol–water partition coefficient (Wildman–Crippen LogP) is 2.45. The van der Waals surface area contributed by atoms with Crippen LogP contribution < -0.4 is 16.6 Å². The Bertz CT molecular complexity index is 649. The Labute approximate surface area is 118 Å². The molecule has 2 rings (SSSR count). The molecule has 0 aliphatic carbocycles. The molecule has 1 aromatic heterocycles. The van der Waals surface area contributed by atoms with Crippen molar-refractivity contribution >= 4 is 33.3 Å². The number of nitrogens with one attached hydrogen (secondary N) is 2. The van der Waals surface area contributed by atoms with Crippen LogP contribution in [-0.2, 0) is 0 Å². The van der Waals surface area contributed by atoms with Crippen LogP contribution in [0.25, 0.3) is 0 Å². The van der Waals surface area contributed by atoms with Gasteiger partial charge < -0.3 is 10.7 Å². The summed E-state index contributed by atoms with van der Waals surface area (Å²) in [5.74, 6) is 6.40. The molecule has 0 saturated heterocycles. The minimum Gasteiger partial charge on any atom is -0.339 e. The maximum absolute atomic E-state index is 8.92. The molecule has 2 aromatic rings. The smallest absolute Gasteiger partial charge is 0.159 e. The minimum absolute atomic E-state index is 0.478. The summed E-state index contributed by atoms with van der Waals surface area (Å²) < 4.78 is 0.624. The maximum Gasteiger partial charge on any atom is 0.159 e. The van der Waals surface area contributed by atoms with Crippen LogP contribution in [0.3, 0.4) is 0 Å². The van der Waals surface area contributed by atoms with Gasteiger partial charge >= 0.3 is 0 Å². The summed E-state index contributed by atoms with van der Waals surface area (Å²) in [5.41, 5.74) is 4.86. The Hall–Kier alpha value is -2.17. The number of halogens is 1. The molecule has 0 fully saturated rings. The summed E-state index contributed by atoms with van der Waals surface area (Å²) in [6, 6.07) is 7.50. The normalized spacial score (nSPS) is 9.79. The number of nitrogen functional groups attached to an aromatic ring is 1. The van der Waals surface area contributed by atoms with Gasteiger partial charge in [0.2, 0.25) is 0 Å². The van der Waals surface area contributed by atoms with Crippen molar-refractivity contribution in [3.8, 4) is 6.07 Å². The number of nitriles is 1. The average Bonchev–Trinajstić information content (AvgIpc) is 2.43. The van der Waals surface area contributed by atoms with Crippen molar-refractivity contribution in [2.75, 3.05) is 10.7 Å². The van der Waals surface area contributed by atoms with Crippen molar-refractivity contribution < 1.29 is 0 Å². The third-order valence-electron chi connectivity index (χ3n) is 2.55. The quantitative estimate of drug-likeness (QED) is 0.593. The highest BCUT2D eigenvalue weighted by Gasteiger charge is 2.09. The van der Waals surface area contributed by atoms with Crippen molar-refractivity contribution in [3.63, 3.8) is 0 Å². The number of rotatable bonds is 3. The Morgan fingerprint density at radius 1 is 1.32 bits per heavy atom. The van der Waals surface area contributed by atoms with Crippen LogP contribution >= 0.6 is 15.9 Å². The molecule has 96 valence electrons. The van der Waals surface area contributed by atoms with Crippen LogP contribution in [0.15, 0.2) is 29.0 Å². The van der Waals surface area contributed by atoms with Gasteiger partial charge in [-0.25, -0.2) is 15.8 Å². The molecule has 0 unspecified atom stereocenters. The third-order valence-corrected chi connectivity index (χ3v) is 3.30. The van der Waals surface area contributed by atoms with Crippen molar-refractivity contribution in [1.82, 2.24) is 9.97 Å². The molecule has 0 aliphatic heterocycles. The van der Waals surface area contributed by atoms with E-state index in [1.165, 1.54) is 6.33 Å². The summed E-state index contributed by atoms with van der Waals surface area (Å²) in [5, 5.41) is 12.1. The average molecular weight is 319 g/mol. The molecule has 0 atom stereocenters. The van der Waals surface area contributed by atoms with E-state index in [1.54, 1.807) is 12.1 Å². The molecule has 19 heavy (non-hydrogen) atoms. The molecule has 0 amide bonds. The number of hydrogen-bond acceptors (Lipinski definition) is 6. The zero-order valence-electron chi connectivity index (χ0n) is 10.1. The van der Waals surface area contributed by atoms with Crippen molar-refractivity contribution in [2.24, 2.45) is 5.84 Å². The van der Waals surface area contributed by atoms with Gasteiger partial charge in [0.15, 0.2) is 5.82 Å². The number of benzene rings is 1. The first-order chi connectivity index (χ1) is 9.15. The van der Waals surface area contributed by atoms with E-state index < -0.39 is 0 Å². The Morgan fingerprint density at radius 3 is 2.74 bits per heavy atom. The first kappa shape index (κ1) is 13.3. The van der Waals surface area contributed by atoms with E-state index in [9.17, 15) is 0 Å². The van der Waals surface area contributed by atoms with E-state index in [1.807, 2.05) is 13.0 Å². The van der Waals surface area contributed by atoms with E-state index in [2.05, 4.69) is 42.7 Å². The lowest BCUT2D eigenvalue weighted by molar-refractivity contribution is 1.12. The first-order valence-corrected chi connectivity index (χ1v) is 6.20. The monoisotopic (exact) mass is 318 g/mol. The van der Waals surface area contributed by atoms with Crippen LogP contribution in [-0.4, -0.2) is 9.97 Å². The minimum atomic E-state index is 0.478. The molecule has 1 aromatic carbocycles. The van der Waals surface area contributed by atoms with Gasteiger partial charge in [-0.15, -0.1) is 0 Å².